The molecule has 0 fully saturated rings. The van der Waals surface area contributed by atoms with E-state index in [2.05, 4.69) is 0 Å². The van der Waals surface area contributed by atoms with Crippen molar-refractivity contribution >= 4 is 29.6 Å². The Kier molecular flexibility index (Phi) is 8.68. The maximum atomic E-state index is 13.4. The van der Waals surface area contributed by atoms with Gasteiger partial charge >= 0.3 is 23.9 Å². The van der Waals surface area contributed by atoms with Crippen molar-refractivity contribution < 1.29 is 38.1 Å². The fraction of sp³-hybridized carbons (Fsp3) is 0.462. The van der Waals surface area contributed by atoms with Crippen molar-refractivity contribution in [2.75, 3.05) is 39.5 Å². The molecule has 3 rings (SSSR count). The summed E-state index contributed by atoms with van der Waals surface area (Å²) in [5.41, 5.74) is 1.41. The number of benzene rings is 1. The van der Waals surface area contributed by atoms with E-state index < -0.39 is 29.8 Å². The Morgan fingerprint density at radius 2 is 1.37 bits per heavy atom. The number of esters is 4. The number of fused-ring (bicyclic) bond motifs is 3. The van der Waals surface area contributed by atoms with E-state index in [9.17, 15) is 19.2 Å². The fourth-order valence-corrected chi connectivity index (χ4v) is 4.43. The number of hydrogen-bond donors (Lipinski definition) is 0. The van der Waals surface area contributed by atoms with Crippen LogP contribution in [0.4, 0.5) is 0 Å². The van der Waals surface area contributed by atoms with E-state index in [1.807, 2.05) is 29.2 Å². The van der Waals surface area contributed by atoms with Crippen LogP contribution in [0, 0.1) is 5.92 Å². The zero-order valence-corrected chi connectivity index (χ0v) is 20.5. The molecule has 0 unspecified atom stereocenters. The molecule has 2 aliphatic heterocycles. The van der Waals surface area contributed by atoms with Gasteiger partial charge in [0.15, 0.2) is 0 Å². The summed E-state index contributed by atoms with van der Waals surface area (Å²) in [5, 5.41) is 0. The lowest BCUT2D eigenvalue weighted by molar-refractivity contribution is -0.150. The van der Waals surface area contributed by atoms with Gasteiger partial charge in [-0.15, -0.1) is 0 Å². The van der Waals surface area contributed by atoms with E-state index in [1.165, 1.54) is 0 Å². The molecule has 0 saturated carbocycles. The first-order valence-electron chi connectivity index (χ1n) is 11.9. The van der Waals surface area contributed by atoms with Crippen molar-refractivity contribution in [2.45, 2.75) is 34.1 Å². The zero-order chi connectivity index (χ0) is 25.5. The summed E-state index contributed by atoms with van der Waals surface area (Å²) in [5.74, 6) is -4.46. The van der Waals surface area contributed by atoms with Crippen LogP contribution in [-0.4, -0.2) is 68.3 Å². The van der Waals surface area contributed by atoms with Crippen molar-refractivity contribution in [3.05, 3.63) is 52.1 Å². The van der Waals surface area contributed by atoms with Crippen LogP contribution < -0.4 is 0 Å². The Morgan fingerprint density at radius 1 is 0.800 bits per heavy atom. The van der Waals surface area contributed by atoms with Crippen molar-refractivity contribution in [1.82, 2.24) is 4.90 Å². The van der Waals surface area contributed by atoms with Crippen LogP contribution in [0.5, 0.6) is 0 Å². The van der Waals surface area contributed by atoms with E-state index in [1.54, 1.807) is 27.7 Å². The maximum absolute atomic E-state index is 13.4. The Bertz CT molecular complexity index is 1070. The number of rotatable bonds is 8. The van der Waals surface area contributed by atoms with Gasteiger partial charge in [0.25, 0.3) is 0 Å². The molecule has 2 aliphatic rings. The molecule has 9 nitrogen and oxygen atoms in total. The summed E-state index contributed by atoms with van der Waals surface area (Å²) >= 11 is 0. The van der Waals surface area contributed by atoms with Crippen molar-refractivity contribution in [3.8, 4) is 0 Å². The molecular weight excluding hydrogens is 454 g/mol. The Morgan fingerprint density at radius 3 is 2.00 bits per heavy atom. The number of hydrogen-bond acceptors (Lipinski definition) is 9. The lowest BCUT2D eigenvalue weighted by atomic mass is 9.89. The molecule has 0 spiro atoms. The summed E-state index contributed by atoms with van der Waals surface area (Å²) in [7, 11) is 0. The molecule has 1 aromatic rings. The van der Waals surface area contributed by atoms with Crippen molar-refractivity contribution in [2.24, 2.45) is 5.92 Å². The molecule has 2 heterocycles. The minimum absolute atomic E-state index is 0.00570. The van der Waals surface area contributed by atoms with Gasteiger partial charge in [-0.05, 0) is 39.7 Å². The number of nitrogens with zero attached hydrogens (tertiary/aromatic N) is 1. The van der Waals surface area contributed by atoms with Crippen LogP contribution in [0.25, 0.3) is 5.70 Å². The van der Waals surface area contributed by atoms with E-state index in [4.69, 9.17) is 18.9 Å². The molecule has 0 aromatic heterocycles. The van der Waals surface area contributed by atoms with Gasteiger partial charge in [-0.25, -0.2) is 14.4 Å². The summed E-state index contributed by atoms with van der Waals surface area (Å²) in [4.78, 5) is 55.1. The smallest absolute Gasteiger partial charge is 0.341 e. The molecule has 0 radical (unpaired) electrons. The lowest BCUT2D eigenvalue weighted by Gasteiger charge is -2.35. The molecule has 9 heteroatoms. The predicted octanol–water partition coefficient (Wildman–Crippen LogP) is 2.43. The molecular formula is C26H31NO8. The first-order valence-corrected chi connectivity index (χ1v) is 11.9. The molecule has 0 bridgehead atoms. The predicted molar refractivity (Wildman–Crippen MR) is 126 cm³/mol. The highest BCUT2D eigenvalue weighted by molar-refractivity contribution is 6.17. The highest BCUT2D eigenvalue weighted by atomic mass is 16.5. The third kappa shape index (κ3) is 5.23. The van der Waals surface area contributed by atoms with E-state index in [0.717, 1.165) is 11.1 Å². The quantitative estimate of drug-likeness (QED) is 0.405. The first kappa shape index (κ1) is 26.0. The topological polar surface area (TPSA) is 108 Å². The second kappa shape index (κ2) is 11.7. The second-order valence-corrected chi connectivity index (χ2v) is 7.83. The van der Waals surface area contributed by atoms with Gasteiger partial charge in [0.2, 0.25) is 0 Å². The third-order valence-electron chi connectivity index (χ3n) is 5.77. The number of ether oxygens (including phenoxy) is 4. The van der Waals surface area contributed by atoms with E-state index >= 15 is 0 Å². The fourth-order valence-electron chi connectivity index (χ4n) is 4.43. The highest BCUT2D eigenvalue weighted by Gasteiger charge is 2.45. The van der Waals surface area contributed by atoms with Crippen LogP contribution in [0.2, 0.25) is 0 Å². The number of carbonyl (C=O) groups excluding carboxylic acids is 4. The van der Waals surface area contributed by atoms with Crippen LogP contribution in [-0.2, 0) is 44.5 Å². The van der Waals surface area contributed by atoms with Crippen LogP contribution in [0.1, 0.15) is 38.8 Å². The van der Waals surface area contributed by atoms with E-state index in [-0.39, 0.29) is 49.7 Å². The second-order valence-electron chi connectivity index (χ2n) is 7.83. The molecule has 1 aromatic carbocycles. The Hall–Kier alpha value is -3.62. The average Bonchev–Trinajstić information content (AvgIpc) is 3.00. The van der Waals surface area contributed by atoms with Crippen LogP contribution in [0.3, 0.4) is 0 Å². The first-order chi connectivity index (χ1) is 16.9. The molecule has 35 heavy (non-hydrogen) atoms. The standard InChI is InChI=1S/C26H31NO8/c1-5-32-23(28)18-15-27-14-13-16-11-9-10-12-17(16)22(27)21(26(31)35-8-4)20(25(30)34-7-3)19(18)24(29)33-6-2/h9-12,18H,5-8,13-15H2,1-4H3/t18-/m0/s1. The third-order valence-corrected chi connectivity index (χ3v) is 5.77. The SMILES string of the molecule is CCOC(=O)C1=C(C(=O)OCC)[C@@H](C(=O)OCC)CN2CCc3ccccc3C2=C1C(=O)OCC. The molecule has 0 aliphatic carbocycles. The Balaban J connectivity index is 2.44. The molecule has 0 amide bonds. The monoisotopic (exact) mass is 485 g/mol. The largest absolute Gasteiger partial charge is 0.465 e. The minimum Gasteiger partial charge on any atom is -0.465 e. The maximum Gasteiger partial charge on any atom is 0.341 e. The minimum atomic E-state index is -1.18. The van der Waals surface area contributed by atoms with Gasteiger partial charge in [0.1, 0.15) is 5.92 Å². The molecule has 1 atom stereocenters. The summed E-state index contributed by atoms with van der Waals surface area (Å²) in [6.07, 6.45) is 0.648. The van der Waals surface area contributed by atoms with Crippen molar-refractivity contribution in [3.63, 3.8) is 0 Å². The average molecular weight is 486 g/mol. The number of carbonyl (C=O) groups is 4. The van der Waals surface area contributed by atoms with Gasteiger partial charge in [-0.3, -0.25) is 4.79 Å². The summed E-state index contributed by atoms with van der Waals surface area (Å²) < 4.78 is 21.2. The normalized spacial score (nSPS) is 17.1. The summed E-state index contributed by atoms with van der Waals surface area (Å²) in [6.45, 7) is 7.12. The van der Waals surface area contributed by atoms with Gasteiger partial charge < -0.3 is 23.8 Å². The molecule has 0 N–H and O–H groups in total. The lowest BCUT2D eigenvalue weighted by Crippen LogP contribution is -2.38. The Labute approximate surface area is 204 Å². The van der Waals surface area contributed by atoms with Gasteiger partial charge in [0.05, 0.1) is 48.8 Å². The van der Waals surface area contributed by atoms with Gasteiger partial charge in [0, 0.05) is 18.7 Å². The zero-order valence-electron chi connectivity index (χ0n) is 20.5. The van der Waals surface area contributed by atoms with Crippen LogP contribution in [0.15, 0.2) is 41.0 Å². The van der Waals surface area contributed by atoms with Crippen molar-refractivity contribution in [1.29, 1.82) is 0 Å². The van der Waals surface area contributed by atoms with Gasteiger partial charge in [-0.1, -0.05) is 24.3 Å². The summed E-state index contributed by atoms with van der Waals surface area (Å²) in [6, 6.07) is 7.50. The van der Waals surface area contributed by atoms with Crippen LogP contribution >= 0.6 is 0 Å². The molecule has 188 valence electrons. The highest BCUT2D eigenvalue weighted by Crippen LogP contribution is 2.41. The van der Waals surface area contributed by atoms with Gasteiger partial charge in [-0.2, -0.15) is 0 Å². The van der Waals surface area contributed by atoms with E-state index in [0.29, 0.717) is 18.7 Å². The molecule has 0 saturated heterocycles.